The summed E-state index contributed by atoms with van der Waals surface area (Å²) in [6, 6.07) is 20.2. The number of hydrogen-bond donors (Lipinski definition) is 2. The highest BCUT2D eigenvalue weighted by molar-refractivity contribution is 7.98. The first kappa shape index (κ1) is 24.4. The zero-order valence-electron chi connectivity index (χ0n) is 21.3. The van der Waals surface area contributed by atoms with Gasteiger partial charge in [0.05, 0.1) is 18.0 Å². The van der Waals surface area contributed by atoms with Gasteiger partial charge in [-0.3, -0.25) is 4.79 Å². The molecule has 2 heterocycles. The summed E-state index contributed by atoms with van der Waals surface area (Å²) in [5.41, 5.74) is 4.65. The third-order valence-electron chi connectivity index (χ3n) is 6.50. The molecule has 1 amide bonds. The minimum atomic E-state index is -0.114. The molecule has 0 saturated carbocycles. The van der Waals surface area contributed by atoms with Gasteiger partial charge < -0.3 is 25.0 Å². The van der Waals surface area contributed by atoms with Crippen LogP contribution in [0.2, 0.25) is 0 Å². The predicted octanol–water partition coefficient (Wildman–Crippen LogP) is 6.44. The highest BCUT2D eigenvalue weighted by Crippen LogP contribution is 2.43. The van der Waals surface area contributed by atoms with Crippen molar-refractivity contribution in [2.24, 2.45) is 5.41 Å². The van der Waals surface area contributed by atoms with Crippen molar-refractivity contribution in [3.63, 3.8) is 0 Å². The van der Waals surface area contributed by atoms with Crippen molar-refractivity contribution >= 4 is 34.7 Å². The zero-order chi connectivity index (χ0) is 25.3. The van der Waals surface area contributed by atoms with Crippen LogP contribution in [0.5, 0.6) is 11.5 Å². The van der Waals surface area contributed by atoms with E-state index in [4.69, 9.17) is 9.47 Å². The molecule has 0 spiro atoms. The SMILES string of the molecule is CSc1ccc(CNC(=O)c2ccc3c(c2)OCCCN3c2ccc3c(c2)OC(C(C)(C)C)N3)cc1. The molecule has 0 saturated heterocycles. The molecule has 2 aliphatic rings. The summed E-state index contributed by atoms with van der Waals surface area (Å²) < 4.78 is 12.3. The Labute approximate surface area is 217 Å². The van der Waals surface area contributed by atoms with Crippen LogP contribution in [-0.4, -0.2) is 31.5 Å². The molecule has 3 aromatic rings. The summed E-state index contributed by atoms with van der Waals surface area (Å²) in [6.07, 6.45) is 2.87. The predicted molar refractivity (Wildman–Crippen MR) is 147 cm³/mol. The van der Waals surface area contributed by atoms with Crippen LogP contribution in [0.3, 0.4) is 0 Å². The van der Waals surface area contributed by atoms with Gasteiger partial charge in [-0.2, -0.15) is 0 Å². The largest absolute Gasteiger partial charge is 0.491 e. The van der Waals surface area contributed by atoms with Gasteiger partial charge in [0, 0.05) is 40.7 Å². The number of hydrogen-bond acceptors (Lipinski definition) is 6. The lowest BCUT2D eigenvalue weighted by Crippen LogP contribution is -2.35. The number of anilines is 3. The van der Waals surface area contributed by atoms with E-state index in [-0.39, 0.29) is 17.6 Å². The number of carbonyl (C=O) groups excluding carboxylic acids is 1. The number of ether oxygens (including phenoxy) is 2. The lowest BCUT2D eigenvalue weighted by molar-refractivity contribution is 0.0950. The molecule has 3 aromatic carbocycles. The minimum absolute atomic E-state index is 0.0166. The Hall–Kier alpha value is -3.32. The number of fused-ring (bicyclic) bond motifs is 2. The van der Waals surface area contributed by atoms with Gasteiger partial charge in [0.2, 0.25) is 0 Å². The number of amides is 1. The van der Waals surface area contributed by atoms with Crippen molar-refractivity contribution in [3.05, 3.63) is 71.8 Å². The first-order valence-corrected chi connectivity index (χ1v) is 13.6. The summed E-state index contributed by atoms with van der Waals surface area (Å²) in [6.45, 7) is 8.39. The lowest BCUT2D eigenvalue weighted by Gasteiger charge is -2.26. The molecule has 0 aromatic heterocycles. The van der Waals surface area contributed by atoms with Gasteiger partial charge in [0.1, 0.15) is 11.5 Å². The molecule has 7 heteroatoms. The average Bonchev–Trinajstić information content (AvgIpc) is 3.21. The number of nitrogens with one attached hydrogen (secondary N) is 2. The van der Waals surface area contributed by atoms with Crippen molar-refractivity contribution < 1.29 is 14.3 Å². The van der Waals surface area contributed by atoms with E-state index in [1.807, 2.05) is 30.3 Å². The topological polar surface area (TPSA) is 62.8 Å². The van der Waals surface area contributed by atoms with Crippen LogP contribution >= 0.6 is 11.8 Å². The third-order valence-corrected chi connectivity index (χ3v) is 7.25. The molecule has 0 radical (unpaired) electrons. The van der Waals surface area contributed by atoms with Crippen LogP contribution < -0.4 is 25.0 Å². The van der Waals surface area contributed by atoms with E-state index in [9.17, 15) is 4.79 Å². The third kappa shape index (κ3) is 5.12. The Kier molecular flexibility index (Phi) is 6.75. The van der Waals surface area contributed by atoms with E-state index in [0.717, 1.165) is 47.1 Å². The van der Waals surface area contributed by atoms with Crippen LogP contribution in [0.15, 0.2) is 65.6 Å². The van der Waals surface area contributed by atoms with E-state index in [2.05, 4.69) is 72.9 Å². The van der Waals surface area contributed by atoms with Crippen molar-refractivity contribution in [1.82, 2.24) is 5.32 Å². The Morgan fingerprint density at radius 3 is 2.64 bits per heavy atom. The molecule has 6 nitrogen and oxygen atoms in total. The Bertz CT molecular complexity index is 1250. The number of thioether (sulfide) groups is 1. The fraction of sp³-hybridized carbons (Fsp3) is 0.345. The Morgan fingerprint density at radius 1 is 1.08 bits per heavy atom. The Morgan fingerprint density at radius 2 is 1.89 bits per heavy atom. The standard InChI is InChI=1S/C29H33N3O3S/c1-29(2,3)28-31-23-12-9-21(17-25(23)35-28)32-14-5-15-34-26-16-20(8-13-24(26)32)27(33)30-18-19-6-10-22(36-4)11-7-19/h6-13,16-17,28,31H,5,14-15,18H2,1-4H3,(H,30,33). The number of carbonyl (C=O) groups is 1. The normalized spacial score (nSPS) is 16.7. The second-order valence-corrected chi connectivity index (χ2v) is 11.1. The van der Waals surface area contributed by atoms with E-state index < -0.39 is 0 Å². The molecule has 0 fully saturated rings. The summed E-state index contributed by atoms with van der Waals surface area (Å²) in [5.74, 6) is 1.47. The zero-order valence-corrected chi connectivity index (χ0v) is 22.1. The smallest absolute Gasteiger partial charge is 0.251 e. The van der Waals surface area contributed by atoms with Crippen molar-refractivity contribution in [1.29, 1.82) is 0 Å². The van der Waals surface area contributed by atoms with Crippen LogP contribution in [0.1, 0.15) is 43.1 Å². The molecule has 188 valence electrons. The number of rotatable bonds is 5. The van der Waals surface area contributed by atoms with Gasteiger partial charge in [-0.05, 0) is 60.7 Å². The minimum Gasteiger partial charge on any atom is -0.491 e. The quantitative estimate of drug-likeness (QED) is 0.391. The molecule has 36 heavy (non-hydrogen) atoms. The summed E-state index contributed by atoms with van der Waals surface area (Å²) in [4.78, 5) is 16.3. The van der Waals surface area contributed by atoms with E-state index in [0.29, 0.717) is 18.7 Å². The van der Waals surface area contributed by atoms with Gasteiger partial charge in [0.25, 0.3) is 5.91 Å². The van der Waals surface area contributed by atoms with Gasteiger partial charge in [-0.15, -0.1) is 11.8 Å². The first-order chi connectivity index (χ1) is 17.3. The van der Waals surface area contributed by atoms with Crippen LogP contribution in [-0.2, 0) is 6.54 Å². The molecular formula is C29H33N3O3S. The Balaban J connectivity index is 1.33. The van der Waals surface area contributed by atoms with E-state index >= 15 is 0 Å². The molecule has 0 aliphatic carbocycles. The highest BCUT2D eigenvalue weighted by atomic mass is 32.2. The maximum absolute atomic E-state index is 12.9. The van der Waals surface area contributed by atoms with Gasteiger partial charge in [0.15, 0.2) is 6.23 Å². The first-order valence-electron chi connectivity index (χ1n) is 12.3. The molecule has 2 aliphatic heterocycles. The summed E-state index contributed by atoms with van der Waals surface area (Å²) >= 11 is 1.70. The van der Waals surface area contributed by atoms with Crippen molar-refractivity contribution in [2.75, 3.05) is 29.6 Å². The van der Waals surface area contributed by atoms with E-state index in [1.54, 1.807) is 11.8 Å². The van der Waals surface area contributed by atoms with E-state index in [1.165, 1.54) is 4.90 Å². The monoisotopic (exact) mass is 503 g/mol. The van der Waals surface area contributed by atoms with Crippen LogP contribution in [0.4, 0.5) is 17.1 Å². The number of nitrogens with zero attached hydrogens (tertiary/aromatic N) is 1. The fourth-order valence-corrected chi connectivity index (χ4v) is 4.81. The van der Waals surface area contributed by atoms with Crippen molar-refractivity contribution in [2.45, 2.75) is 44.9 Å². The van der Waals surface area contributed by atoms with Gasteiger partial charge in [-0.25, -0.2) is 0 Å². The van der Waals surface area contributed by atoms with Crippen molar-refractivity contribution in [3.8, 4) is 11.5 Å². The molecule has 2 N–H and O–H groups in total. The molecule has 1 atom stereocenters. The second-order valence-electron chi connectivity index (χ2n) is 10.3. The highest BCUT2D eigenvalue weighted by Gasteiger charge is 2.33. The maximum atomic E-state index is 12.9. The van der Waals surface area contributed by atoms with Gasteiger partial charge in [-0.1, -0.05) is 32.9 Å². The summed E-state index contributed by atoms with van der Waals surface area (Å²) in [7, 11) is 0. The maximum Gasteiger partial charge on any atom is 0.251 e. The molecule has 1 unspecified atom stereocenters. The fourth-order valence-electron chi connectivity index (χ4n) is 4.40. The molecular weight excluding hydrogens is 470 g/mol. The average molecular weight is 504 g/mol. The number of benzene rings is 3. The second kappa shape index (κ2) is 9.97. The van der Waals surface area contributed by atoms with Gasteiger partial charge >= 0.3 is 0 Å². The molecule has 0 bridgehead atoms. The molecule has 5 rings (SSSR count). The van der Waals surface area contributed by atoms with Crippen LogP contribution in [0, 0.1) is 5.41 Å². The summed E-state index contributed by atoms with van der Waals surface area (Å²) in [5, 5.41) is 6.50. The van der Waals surface area contributed by atoms with Crippen LogP contribution in [0.25, 0.3) is 0 Å². The lowest BCUT2D eigenvalue weighted by atomic mass is 9.94.